The van der Waals surface area contributed by atoms with Crippen LogP contribution in [0.4, 0.5) is 14.9 Å². The van der Waals surface area contributed by atoms with Gasteiger partial charge in [0.1, 0.15) is 11.5 Å². The molecule has 4 aromatic rings. The number of imide groups is 1. The van der Waals surface area contributed by atoms with E-state index < -0.39 is 11.9 Å². The molecule has 33 heavy (non-hydrogen) atoms. The molecule has 0 bridgehead atoms. The number of benzene rings is 3. The normalized spacial score (nSPS) is 15.0. The lowest BCUT2D eigenvalue weighted by Gasteiger charge is -2.11. The first kappa shape index (κ1) is 21.0. The molecule has 164 valence electrons. The molecule has 3 amide bonds. The predicted octanol–water partition coefficient (Wildman–Crippen LogP) is 5.89. The van der Waals surface area contributed by atoms with Gasteiger partial charge in [0.05, 0.1) is 12.2 Å². The van der Waals surface area contributed by atoms with Crippen LogP contribution < -0.4 is 10.2 Å². The lowest BCUT2D eigenvalue weighted by atomic mass is 10.1. The van der Waals surface area contributed by atoms with E-state index in [9.17, 15) is 14.0 Å². The molecule has 1 aliphatic rings. The minimum absolute atomic E-state index is 0.164. The zero-order valence-corrected chi connectivity index (χ0v) is 18.4. The predicted molar refractivity (Wildman–Crippen MR) is 128 cm³/mol. The molecule has 2 heterocycles. The van der Waals surface area contributed by atoms with E-state index in [-0.39, 0.29) is 11.5 Å². The SMILES string of the molecule is Cc1c(/C=C2/NC(=O)N(c3cccc(Cl)c3)C2=O)c2ccccc2n1Cc1ccccc1F. The minimum Gasteiger partial charge on any atom is -0.340 e. The van der Waals surface area contributed by atoms with Crippen molar-refractivity contribution in [1.29, 1.82) is 0 Å². The number of hydrogen-bond donors (Lipinski definition) is 1. The van der Waals surface area contributed by atoms with Crippen LogP contribution in [0.25, 0.3) is 17.0 Å². The Balaban J connectivity index is 1.58. The first-order valence-electron chi connectivity index (χ1n) is 10.4. The Morgan fingerprint density at radius 1 is 1.00 bits per heavy atom. The van der Waals surface area contributed by atoms with Gasteiger partial charge in [-0.25, -0.2) is 14.1 Å². The lowest BCUT2D eigenvalue weighted by molar-refractivity contribution is -0.113. The van der Waals surface area contributed by atoms with E-state index in [0.717, 1.165) is 27.1 Å². The van der Waals surface area contributed by atoms with Crippen molar-refractivity contribution in [2.75, 3.05) is 4.90 Å². The Bertz CT molecular complexity index is 1460. The highest BCUT2D eigenvalue weighted by Crippen LogP contribution is 2.31. The molecule has 0 spiro atoms. The molecule has 0 aliphatic carbocycles. The first-order chi connectivity index (χ1) is 15.9. The number of nitrogens with one attached hydrogen (secondary N) is 1. The van der Waals surface area contributed by atoms with Crippen molar-refractivity contribution >= 4 is 46.2 Å². The van der Waals surface area contributed by atoms with Crippen LogP contribution in [0.3, 0.4) is 0 Å². The third kappa shape index (κ3) is 3.68. The Labute approximate surface area is 194 Å². The van der Waals surface area contributed by atoms with Gasteiger partial charge in [0, 0.05) is 32.7 Å². The van der Waals surface area contributed by atoms with Crippen LogP contribution in [0.1, 0.15) is 16.8 Å². The van der Waals surface area contributed by atoms with Crippen molar-refractivity contribution in [1.82, 2.24) is 9.88 Å². The molecule has 5 rings (SSSR count). The number of nitrogens with zero attached hydrogens (tertiary/aromatic N) is 2. The van der Waals surface area contributed by atoms with Crippen molar-refractivity contribution in [2.24, 2.45) is 0 Å². The number of fused-ring (bicyclic) bond motifs is 1. The number of rotatable bonds is 4. The maximum atomic E-state index is 14.3. The smallest absolute Gasteiger partial charge is 0.333 e. The minimum atomic E-state index is -0.540. The molecular formula is C26H19ClFN3O2. The van der Waals surface area contributed by atoms with Crippen molar-refractivity contribution < 1.29 is 14.0 Å². The Morgan fingerprint density at radius 2 is 1.76 bits per heavy atom. The number of carbonyl (C=O) groups excluding carboxylic acids is 2. The number of amides is 3. The highest BCUT2D eigenvalue weighted by Gasteiger charge is 2.35. The summed E-state index contributed by atoms with van der Waals surface area (Å²) >= 11 is 6.04. The highest BCUT2D eigenvalue weighted by molar-refractivity contribution is 6.32. The Morgan fingerprint density at radius 3 is 2.55 bits per heavy atom. The summed E-state index contributed by atoms with van der Waals surface area (Å²) in [4.78, 5) is 26.8. The highest BCUT2D eigenvalue weighted by atomic mass is 35.5. The number of carbonyl (C=O) groups is 2. The van der Waals surface area contributed by atoms with E-state index in [2.05, 4.69) is 5.32 Å². The molecule has 1 aliphatic heterocycles. The van der Waals surface area contributed by atoms with Crippen LogP contribution in [-0.2, 0) is 11.3 Å². The number of para-hydroxylation sites is 1. The summed E-state index contributed by atoms with van der Waals surface area (Å²) in [6, 6.07) is 20.4. The monoisotopic (exact) mass is 459 g/mol. The molecule has 7 heteroatoms. The molecule has 1 saturated heterocycles. The van der Waals surface area contributed by atoms with E-state index in [1.165, 1.54) is 6.07 Å². The average Bonchev–Trinajstić information content (AvgIpc) is 3.23. The molecule has 1 aromatic heterocycles. The molecule has 1 N–H and O–H groups in total. The second-order valence-electron chi connectivity index (χ2n) is 7.80. The fraction of sp³-hybridized carbons (Fsp3) is 0.0769. The standard InChI is InChI=1S/C26H19ClFN3O2/c1-16-21(14-23-25(32)31(26(33)29-23)19-9-6-8-18(27)13-19)20-10-3-5-12-24(20)30(16)15-17-7-2-4-11-22(17)28/h2-14H,15H2,1H3,(H,29,33)/b23-14+. The molecule has 0 unspecified atom stereocenters. The van der Waals surface area contributed by atoms with Crippen LogP contribution in [-0.4, -0.2) is 16.5 Å². The molecule has 5 nitrogen and oxygen atoms in total. The zero-order valence-electron chi connectivity index (χ0n) is 17.7. The number of anilines is 1. The topological polar surface area (TPSA) is 54.3 Å². The molecular weight excluding hydrogens is 441 g/mol. The summed E-state index contributed by atoms with van der Waals surface area (Å²) in [5.74, 6) is -0.738. The van der Waals surface area contributed by atoms with E-state index in [1.807, 2.05) is 35.8 Å². The van der Waals surface area contributed by atoms with Gasteiger partial charge in [0.15, 0.2) is 0 Å². The van der Waals surface area contributed by atoms with E-state index in [1.54, 1.807) is 48.5 Å². The number of hydrogen-bond acceptors (Lipinski definition) is 2. The summed E-state index contributed by atoms with van der Waals surface area (Å²) in [6.45, 7) is 2.26. The molecule has 0 atom stereocenters. The second-order valence-corrected chi connectivity index (χ2v) is 8.24. The first-order valence-corrected chi connectivity index (χ1v) is 10.8. The Kier molecular flexibility index (Phi) is 5.23. The van der Waals surface area contributed by atoms with Gasteiger partial charge in [-0.1, -0.05) is 54.1 Å². The van der Waals surface area contributed by atoms with Gasteiger partial charge in [0.25, 0.3) is 5.91 Å². The third-order valence-electron chi connectivity index (χ3n) is 5.80. The molecule has 1 fully saturated rings. The van der Waals surface area contributed by atoms with Gasteiger partial charge in [-0.3, -0.25) is 4.79 Å². The van der Waals surface area contributed by atoms with Crippen molar-refractivity contribution in [2.45, 2.75) is 13.5 Å². The van der Waals surface area contributed by atoms with Gasteiger partial charge >= 0.3 is 6.03 Å². The maximum absolute atomic E-state index is 14.3. The maximum Gasteiger partial charge on any atom is 0.333 e. The lowest BCUT2D eigenvalue weighted by Crippen LogP contribution is -2.30. The van der Waals surface area contributed by atoms with E-state index in [0.29, 0.717) is 22.8 Å². The fourth-order valence-electron chi connectivity index (χ4n) is 4.17. The summed E-state index contributed by atoms with van der Waals surface area (Å²) < 4.78 is 16.3. The quantitative estimate of drug-likeness (QED) is 0.305. The average molecular weight is 460 g/mol. The second kappa shape index (κ2) is 8.22. The van der Waals surface area contributed by atoms with Gasteiger partial charge in [0.2, 0.25) is 0 Å². The fourth-order valence-corrected chi connectivity index (χ4v) is 4.35. The van der Waals surface area contributed by atoms with E-state index in [4.69, 9.17) is 11.6 Å². The van der Waals surface area contributed by atoms with Crippen molar-refractivity contribution in [3.8, 4) is 0 Å². The largest absolute Gasteiger partial charge is 0.340 e. The van der Waals surface area contributed by atoms with E-state index >= 15 is 0 Å². The van der Waals surface area contributed by atoms with Crippen LogP contribution in [0.5, 0.6) is 0 Å². The molecule has 0 radical (unpaired) electrons. The number of halogens is 2. The van der Waals surface area contributed by atoms with Crippen LogP contribution in [0.2, 0.25) is 5.02 Å². The summed E-state index contributed by atoms with van der Waals surface area (Å²) in [7, 11) is 0. The van der Waals surface area contributed by atoms with Crippen LogP contribution >= 0.6 is 11.6 Å². The van der Waals surface area contributed by atoms with Gasteiger partial charge < -0.3 is 9.88 Å². The number of urea groups is 1. The van der Waals surface area contributed by atoms with Crippen molar-refractivity contribution in [3.05, 3.63) is 106 Å². The third-order valence-corrected chi connectivity index (χ3v) is 6.03. The van der Waals surface area contributed by atoms with Crippen LogP contribution in [0, 0.1) is 12.7 Å². The van der Waals surface area contributed by atoms with Crippen molar-refractivity contribution in [3.63, 3.8) is 0 Å². The van der Waals surface area contributed by atoms with Gasteiger partial charge in [-0.2, -0.15) is 0 Å². The van der Waals surface area contributed by atoms with Crippen LogP contribution in [0.15, 0.2) is 78.5 Å². The molecule has 0 saturated carbocycles. The summed E-state index contributed by atoms with van der Waals surface area (Å²) in [6.07, 6.45) is 1.68. The summed E-state index contributed by atoms with van der Waals surface area (Å²) in [5, 5.41) is 4.00. The zero-order chi connectivity index (χ0) is 23.1. The van der Waals surface area contributed by atoms with Gasteiger partial charge in [-0.05, 0) is 43.3 Å². The van der Waals surface area contributed by atoms with Gasteiger partial charge in [-0.15, -0.1) is 0 Å². The Hall–Kier alpha value is -3.90. The molecule has 3 aromatic carbocycles. The number of aromatic nitrogens is 1. The summed E-state index contributed by atoms with van der Waals surface area (Å²) in [5.41, 5.74) is 3.68.